The van der Waals surface area contributed by atoms with Crippen molar-refractivity contribution in [1.82, 2.24) is 4.90 Å². The molecule has 0 radical (unpaired) electrons. The molecule has 82 valence electrons. The zero-order chi connectivity index (χ0) is 10.9. The highest BCUT2D eigenvalue weighted by atomic mass is 16.6. The van der Waals surface area contributed by atoms with Gasteiger partial charge >= 0.3 is 6.09 Å². The molecule has 1 fully saturated rings. The average Bonchev–Trinajstić information content (AvgIpc) is 1.94. The number of rotatable bonds is 1. The van der Waals surface area contributed by atoms with Gasteiger partial charge in [-0.3, -0.25) is 0 Å². The topological polar surface area (TPSA) is 29.5 Å². The van der Waals surface area contributed by atoms with Crippen molar-refractivity contribution < 1.29 is 9.53 Å². The van der Waals surface area contributed by atoms with Crippen LogP contribution in [-0.4, -0.2) is 29.7 Å². The van der Waals surface area contributed by atoms with Gasteiger partial charge in [-0.05, 0) is 39.5 Å². The van der Waals surface area contributed by atoms with Gasteiger partial charge in [-0.2, -0.15) is 0 Å². The Hall–Kier alpha value is -0.730. The van der Waals surface area contributed by atoms with Crippen LogP contribution in [0.3, 0.4) is 0 Å². The Morgan fingerprint density at radius 3 is 2.21 bits per heavy atom. The summed E-state index contributed by atoms with van der Waals surface area (Å²) in [6, 6.07) is 0.389. The second-order valence-corrected chi connectivity index (χ2v) is 5.32. The van der Waals surface area contributed by atoms with Crippen molar-refractivity contribution in [1.29, 1.82) is 0 Å². The van der Waals surface area contributed by atoms with Gasteiger partial charge < -0.3 is 9.64 Å². The van der Waals surface area contributed by atoms with E-state index >= 15 is 0 Å². The Labute approximate surface area is 86.4 Å². The summed E-state index contributed by atoms with van der Waals surface area (Å²) in [6.45, 7) is 7.88. The van der Waals surface area contributed by atoms with E-state index in [4.69, 9.17) is 4.74 Å². The van der Waals surface area contributed by atoms with Crippen molar-refractivity contribution in [2.24, 2.45) is 5.92 Å². The first-order chi connectivity index (χ1) is 6.29. The first kappa shape index (κ1) is 11.3. The van der Waals surface area contributed by atoms with Gasteiger partial charge in [0.25, 0.3) is 0 Å². The highest BCUT2D eigenvalue weighted by molar-refractivity contribution is 5.68. The molecular weight excluding hydrogens is 178 g/mol. The van der Waals surface area contributed by atoms with Gasteiger partial charge in [0.05, 0.1) is 0 Å². The van der Waals surface area contributed by atoms with E-state index in [-0.39, 0.29) is 11.7 Å². The maximum Gasteiger partial charge on any atom is 0.410 e. The summed E-state index contributed by atoms with van der Waals surface area (Å²) in [5.74, 6) is 0.755. The molecule has 0 aromatic rings. The van der Waals surface area contributed by atoms with Crippen LogP contribution in [0.5, 0.6) is 0 Å². The molecule has 0 heterocycles. The zero-order valence-corrected chi connectivity index (χ0v) is 9.83. The van der Waals surface area contributed by atoms with Crippen LogP contribution >= 0.6 is 0 Å². The molecule has 0 bridgehead atoms. The van der Waals surface area contributed by atoms with Crippen LogP contribution in [0.2, 0.25) is 0 Å². The molecular formula is C11H21NO2. The molecule has 0 spiro atoms. The van der Waals surface area contributed by atoms with E-state index in [9.17, 15) is 4.79 Å². The van der Waals surface area contributed by atoms with Crippen LogP contribution in [-0.2, 0) is 4.74 Å². The first-order valence-electron chi connectivity index (χ1n) is 5.25. The Balaban J connectivity index is 2.38. The number of amides is 1. The lowest BCUT2D eigenvalue weighted by Gasteiger charge is -2.39. The van der Waals surface area contributed by atoms with Crippen LogP contribution in [0, 0.1) is 5.92 Å². The van der Waals surface area contributed by atoms with Crippen molar-refractivity contribution in [3.8, 4) is 0 Å². The summed E-state index contributed by atoms with van der Waals surface area (Å²) in [4.78, 5) is 13.3. The third-order valence-corrected chi connectivity index (χ3v) is 2.58. The lowest BCUT2D eigenvalue weighted by molar-refractivity contribution is 0.00814. The third kappa shape index (κ3) is 2.89. The van der Waals surface area contributed by atoms with Gasteiger partial charge in [0.2, 0.25) is 0 Å². The second kappa shape index (κ2) is 3.79. The van der Waals surface area contributed by atoms with E-state index in [0.29, 0.717) is 6.04 Å². The van der Waals surface area contributed by atoms with Crippen molar-refractivity contribution in [2.75, 3.05) is 7.05 Å². The van der Waals surface area contributed by atoms with Gasteiger partial charge in [0.1, 0.15) is 5.60 Å². The minimum Gasteiger partial charge on any atom is -0.444 e. The molecule has 0 aromatic heterocycles. The number of hydrogen-bond acceptors (Lipinski definition) is 2. The fraction of sp³-hybridized carbons (Fsp3) is 0.909. The molecule has 0 aliphatic heterocycles. The lowest BCUT2D eigenvalue weighted by Crippen LogP contribution is -2.46. The van der Waals surface area contributed by atoms with Crippen LogP contribution in [0.1, 0.15) is 40.5 Å². The number of ether oxygens (including phenoxy) is 1. The molecule has 1 aliphatic rings. The van der Waals surface area contributed by atoms with E-state index in [2.05, 4.69) is 6.92 Å². The quantitative estimate of drug-likeness (QED) is 0.649. The second-order valence-electron chi connectivity index (χ2n) is 5.32. The van der Waals surface area contributed by atoms with Gasteiger partial charge in [-0.25, -0.2) is 4.79 Å². The number of nitrogens with zero attached hydrogens (tertiary/aromatic N) is 1. The van der Waals surface area contributed by atoms with Gasteiger partial charge in [-0.15, -0.1) is 0 Å². The molecule has 3 heteroatoms. The highest BCUT2D eigenvalue weighted by Gasteiger charge is 2.33. The number of carbonyl (C=O) groups is 1. The summed E-state index contributed by atoms with van der Waals surface area (Å²) in [6.07, 6.45) is 2.01. The van der Waals surface area contributed by atoms with Crippen LogP contribution < -0.4 is 0 Å². The standard InChI is InChI=1S/C11H21NO2/c1-8-6-9(7-8)12(5)10(13)14-11(2,3)4/h8-9H,6-7H2,1-5H3/t8-,9+. The maximum atomic E-state index is 11.6. The molecule has 3 nitrogen and oxygen atoms in total. The summed E-state index contributed by atoms with van der Waals surface area (Å²) in [7, 11) is 1.82. The predicted molar refractivity (Wildman–Crippen MR) is 56.2 cm³/mol. The molecule has 0 N–H and O–H groups in total. The van der Waals surface area contributed by atoms with E-state index in [1.54, 1.807) is 4.90 Å². The van der Waals surface area contributed by atoms with Crippen LogP contribution in [0.15, 0.2) is 0 Å². The minimum atomic E-state index is -0.388. The molecule has 0 atom stereocenters. The van der Waals surface area contributed by atoms with Crippen molar-refractivity contribution in [3.63, 3.8) is 0 Å². The van der Waals surface area contributed by atoms with Gasteiger partial charge in [0.15, 0.2) is 0 Å². The van der Waals surface area contributed by atoms with Crippen LogP contribution in [0.25, 0.3) is 0 Å². The summed E-state index contributed by atoms with van der Waals surface area (Å²) in [5.41, 5.74) is -0.388. The first-order valence-corrected chi connectivity index (χ1v) is 5.25. The fourth-order valence-corrected chi connectivity index (χ4v) is 1.66. The molecule has 0 unspecified atom stereocenters. The Kier molecular flexibility index (Phi) is 3.07. The highest BCUT2D eigenvalue weighted by Crippen LogP contribution is 2.30. The summed E-state index contributed by atoms with van der Waals surface area (Å²) >= 11 is 0. The average molecular weight is 199 g/mol. The monoisotopic (exact) mass is 199 g/mol. The maximum absolute atomic E-state index is 11.6. The van der Waals surface area contributed by atoms with Gasteiger partial charge in [-0.1, -0.05) is 6.92 Å². The van der Waals surface area contributed by atoms with E-state index < -0.39 is 0 Å². The molecule has 0 aromatic carbocycles. The molecule has 0 saturated heterocycles. The SMILES string of the molecule is CN(C(=O)OC(C)(C)C)[C@H]1C[C@@H](C)C1. The van der Waals surface area contributed by atoms with Crippen molar-refractivity contribution in [2.45, 2.75) is 52.2 Å². The molecule has 1 saturated carbocycles. The Morgan fingerprint density at radius 1 is 1.36 bits per heavy atom. The largest absolute Gasteiger partial charge is 0.444 e. The van der Waals surface area contributed by atoms with E-state index in [0.717, 1.165) is 18.8 Å². The smallest absolute Gasteiger partial charge is 0.410 e. The summed E-state index contributed by atoms with van der Waals surface area (Å²) in [5, 5.41) is 0. The lowest BCUT2D eigenvalue weighted by atomic mass is 9.81. The van der Waals surface area contributed by atoms with E-state index in [1.165, 1.54) is 0 Å². The minimum absolute atomic E-state index is 0.200. The molecule has 1 aliphatic carbocycles. The van der Waals surface area contributed by atoms with Crippen LogP contribution in [0.4, 0.5) is 4.79 Å². The zero-order valence-electron chi connectivity index (χ0n) is 9.83. The molecule has 14 heavy (non-hydrogen) atoms. The van der Waals surface area contributed by atoms with Crippen molar-refractivity contribution >= 4 is 6.09 Å². The summed E-state index contributed by atoms with van der Waals surface area (Å²) < 4.78 is 5.28. The van der Waals surface area contributed by atoms with Crippen molar-refractivity contribution in [3.05, 3.63) is 0 Å². The Morgan fingerprint density at radius 2 is 1.86 bits per heavy atom. The molecule has 1 rings (SSSR count). The Bertz CT molecular complexity index is 214. The molecule has 1 amide bonds. The third-order valence-electron chi connectivity index (χ3n) is 2.58. The van der Waals surface area contributed by atoms with Gasteiger partial charge in [0, 0.05) is 13.1 Å². The van der Waals surface area contributed by atoms with E-state index in [1.807, 2.05) is 27.8 Å². The number of hydrogen-bond donors (Lipinski definition) is 0. The fourth-order valence-electron chi connectivity index (χ4n) is 1.66. The predicted octanol–water partition coefficient (Wildman–Crippen LogP) is 2.65. The normalized spacial score (nSPS) is 26.6. The number of carbonyl (C=O) groups excluding carboxylic acids is 1.